The lowest BCUT2D eigenvalue weighted by Crippen LogP contribution is -2.44. The van der Waals surface area contributed by atoms with Gasteiger partial charge in [-0.2, -0.15) is 0 Å². The summed E-state index contributed by atoms with van der Waals surface area (Å²) in [6.07, 6.45) is 0. The third-order valence-electron chi connectivity index (χ3n) is 31.2. The molecule has 6 aliphatic carbocycles. The van der Waals surface area contributed by atoms with Gasteiger partial charge < -0.3 is 14.2 Å². The minimum Gasteiger partial charge on any atom is -0.454 e. The van der Waals surface area contributed by atoms with Gasteiger partial charge in [-0.3, -0.25) is 0 Å². The molecule has 2 heterocycles. The number of benzene rings is 20. The first-order valence-electron chi connectivity index (χ1n) is 47.0. The van der Waals surface area contributed by atoms with Crippen LogP contribution in [0.15, 0.2) is 478 Å². The van der Waals surface area contributed by atoms with Crippen molar-refractivity contribution >= 4 is 87.6 Å². The van der Waals surface area contributed by atoms with Gasteiger partial charge in [-0.15, -0.1) is 11.3 Å². The molecule has 22 aromatic rings. The molecule has 632 valence electrons. The zero-order chi connectivity index (χ0) is 89.0. The summed E-state index contributed by atoms with van der Waals surface area (Å²) in [7, 11) is 0. The summed E-state index contributed by atoms with van der Waals surface area (Å²) in [5.41, 5.74) is 42.6. The third-order valence-corrected chi connectivity index (χ3v) is 32.5. The lowest BCUT2D eigenvalue weighted by atomic mass is 9.52. The van der Waals surface area contributed by atoms with Gasteiger partial charge in [-0.25, -0.2) is 0 Å². The standard InChI is InChI=1S/C65H45NO.C65H45NS/c2*1-63(2)53-28-12-9-23-47(53)49-40-39-46(41-58(49)63)66(59-33-18-27-52-50-25-11-16-34-60(50)67-62(52)59)45-37-35-44(36-38-45)64(42-19-5-3-6-20-42)55-30-14-15-31-56(55)65(43-21-7-4-8-22-43)54-29-13-10-24-48(54)51-26-17-32-57(64)61(51)65/h2*3-41H,1-2H3. The summed E-state index contributed by atoms with van der Waals surface area (Å²) in [6.45, 7) is 9.47. The molecule has 28 rings (SSSR count). The molecular formula is C130H90N2OS. The van der Waals surface area contributed by atoms with Crippen LogP contribution in [-0.4, -0.2) is 0 Å². The molecule has 6 aliphatic rings. The van der Waals surface area contributed by atoms with Gasteiger partial charge in [0, 0.05) is 59.8 Å². The molecule has 134 heavy (non-hydrogen) atoms. The predicted molar refractivity (Wildman–Crippen MR) is 556 cm³/mol. The molecule has 0 spiro atoms. The van der Waals surface area contributed by atoms with Crippen molar-refractivity contribution < 1.29 is 4.42 Å². The van der Waals surface area contributed by atoms with Gasteiger partial charge in [0.25, 0.3) is 0 Å². The van der Waals surface area contributed by atoms with Crippen LogP contribution < -0.4 is 9.80 Å². The van der Waals surface area contributed by atoms with Gasteiger partial charge in [0.1, 0.15) is 5.58 Å². The highest BCUT2D eigenvalue weighted by Gasteiger charge is 2.60. The highest BCUT2D eigenvalue weighted by Crippen LogP contribution is 2.69. The van der Waals surface area contributed by atoms with E-state index in [9.17, 15) is 0 Å². The van der Waals surface area contributed by atoms with E-state index >= 15 is 0 Å². The van der Waals surface area contributed by atoms with Crippen molar-refractivity contribution in [2.75, 3.05) is 9.80 Å². The third kappa shape index (κ3) is 10.5. The lowest BCUT2D eigenvalue weighted by Gasteiger charge is -2.49. The first-order valence-corrected chi connectivity index (χ1v) is 47.8. The van der Waals surface area contributed by atoms with Crippen molar-refractivity contribution in [3.8, 4) is 44.5 Å². The molecule has 4 atom stereocenters. The van der Waals surface area contributed by atoms with Gasteiger partial charge in [-0.1, -0.05) is 428 Å². The molecule has 0 fully saturated rings. The Bertz CT molecular complexity index is 8080. The SMILES string of the molecule is CC1(C)c2ccccc2-c2ccc(N(c3ccc(C4(c5ccccc5)c5ccccc5C5(c6ccccc6)c6ccccc6-c6cccc4c65)cc3)c3cccc4c3oc3ccccc34)cc21.CC1(C)c2ccccc2-c2ccc(N(c3ccc(C4(c5ccccc5)c5ccccc5C5(c6ccccc6)c6ccccc6-c6cccc4c65)cc3)c3cccc4c3sc3ccccc34)cc21. The fraction of sp³-hybridized carbons (Fsp3) is 0.0769. The van der Waals surface area contributed by atoms with Crippen LogP contribution in [0, 0.1) is 0 Å². The Hall–Kier alpha value is -16.0. The van der Waals surface area contributed by atoms with Crippen LogP contribution in [0.2, 0.25) is 0 Å². The maximum absolute atomic E-state index is 6.82. The van der Waals surface area contributed by atoms with E-state index in [1.807, 2.05) is 11.3 Å². The Morgan fingerprint density at radius 2 is 0.507 bits per heavy atom. The molecule has 0 saturated carbocycles. The highest BCUT2D eigenvalue weighted by atomic mass is 32.1. The quantitative estimate of drug-likeness (QED) is 0.122. The largest absolute Gasteiger partial charge is 0.454 e. The van der Waals surface area contributed by atoms with Crippen molar-refractivity contribution in [3.63, 3.8) is 0 Å². The van der Waals surface area contributed by atoms with Gasteiger partial charge in [-0.05, 0) is 229 Å². The monoisotopic (exact) mass is 1730 g/mol. The smallest absolute Gasteiger partial charge is 0.159 e. The van der Waals surface area contributed by atoms with Gasteiger partial charge in [0.2, 0.25) is 0 Å². The van der Waals surface area contributed by atoms with Gasteiger partial charge in [0.05, 0.1) is 37.7 Å². The molecule has 0 amide bonds. The van der Waals surface area contributed by atoms with E-state index in [4.69, 9.17) is 4.42 Å². The zero-order valence-corrected chi connectivity index (χ0v) is 75.6. The van der Waals surface area contributed by atoms with Crippen LogP contribution in [0.5, 0.6) is 0 Å². The number of hydrogen-bond donors (Lipinski definition) is 0. The van der Waals surface area contributed by atoms with Crippen molar-refractivity contribution in [1.82, 2.24) is 0 Å². The van der Waals surface area contributed by atoms with Crippen molar-refractivity contribution in [3.05, 3.63) is 584 Å². The van der Waals surface area contributed by atoms with Crippen molar-refractivity contribution in [2.45, 2.75) is 60.2 Å². The fourth-order valence-corrected chi connectivity index (χ4v) is 27.0. The minimum atomic E-state index is -0.644. The molecule has 0 aliphatic heterocycles. The second-order valence-corrected chi connectivity index (χ2v) is 39.2. The number of rotatable bonds is 12. The summed E-state index contributed by atoms with van der Waals surface area (Å²) in [6, 6.07) is 178. The molecule has 20 aromatic carbocycles. The number of thiophene rings is 1. The first kappa shape index (κ1) is 77.9. The Balaban J connectivity index is 0.000000136. The number of anilines is 6. The predicted octanol–water partition coefficient (Wildman–Crippen LogP) is 33.3. The number of nitrogens with zero attached hydrogens (tertiary/aromatic N) is 2. The molecule has 0 saturated heterocycles. The van der Waals surface area contributed by atoms with Gasteiger partial charge >= 0.3 is 0 Å². The second-order valence-electron chi connectivity index (χ2n) is 38.2. The summed E-state index contributed by atoms with van der Waals surface area (Å²) in [5, 5.41) is 4.81. The Morgan fingerprint density at radius 3 is 0.970 bits per heavy atom. The van der Waals surface area contributed by atoms with E-state index < -0.39 is 21.7 Å². The van der Waals surface area contributed by atoms with Crippen LogP contribution in [0.4, 0.5) is 34.1 Å². The minimum absolute atomic E-state index is 0.137. The van der Waals surface area contributed by atoms with E-state index in [1.165, 1.54) is 182 Å². The van der Waals surface area contributed by atoms with Crippen molar-refractivity contribution in [2.24, 2.45) is 0 Å². The number of para-hydroxylation sites is 2. The number of furan rings is 1. The lowest BCUT2D eigenvalue weighted by molar-refractivity contribution is 0.626. The van der Waals surface area contributed by atoms with E-state index in [-0.39, 0.29) is 10.8 Å². The topological polar surface area (TPSA) is 19.6 Å². The highest BCUT2D eigenvalue weighted by molar-refractivity contribution is 7.26. The van der Waals surface area contributed by atoms with E-state index in [2.05, 4.69) is 511 Å². The summed E-state index contributed by atoms with van der Waals surface area (Å²) in [4.78, 5) is 4.93. The molecule has 0 bridgehead atoms. The van der Waals surface area contributed by atoms with Crippen LogP contribution >= 0.6 is 11.3 Å². The average Bonchev–Trinajstić information content (AvgIpc) is 1.45. The van der Waals surface area contributed by atoms with Crippen LogP contribution in [0.25, 0.3) is 86.6 Å². The Morgan fingerprint density at radius 1 is 0.201 bits per heavy atom. The molecule has 0 N–H and O–H groups in total. The molecule has 0 radical (unpaired) electrons. The molecular weight excluding hydrogens is 1640 g/mol. The normalized spacial score (nSPS) is 17.9. The van der Waals surface area contributed by atoms with E-state index in [0.717, 1.165) is 50.4 Å². The maximum Gasteiger partial charge on any atom is 0.159 e. The molecule has 4 heteroatoms. The van der Waals surface area contributed by atoms with E-state index in [0.29, 0.717) is 0 Å². The van der Waals surface area contributed by atoms with Crippen LogP contribution in [0.3, 0.4) is 0 Å². The summed E-state index contributed by atoms with van der Waals surface area (Å²) >= 11 is 1.89. The molecule has 4 unspecified atom stereocenters. The zero-order valence-electron chi connectivity index (χ0n) is 74.7. The first-order chi connectivity index (χ1) is 66.0. The van der Waals surface area contributed by atoms with Crippen molar-refractivity contribution in [1.29, 1.82) is 0 Å². The van der Waals surface area contributed by atoms with Crippen LogP contribution in [-0.2, 0) is 32.5 Å². The average molecular weight is 1730 g/mol. The van der Waals surface area contributed by atoms with Gasteiger partial charge in [0.15, 0.2) is 5.58 Å². The molecule has 2 aromatic heterocycles. The van der Waals surface area contributed by atoms with E-state index in [1.54, 1.807) is 0 Å². The Labute approximate surface area is 785 Å². The van der Waals surface area contributed by atoms with Crippen LogP contribution in [0.1, 0.15) is 139 Å². The number of fused-ring (bicyclic) bond motifs is 22. The Kier molecular flexibility index (Phi) is 17.0. The summed E-state index contributed by atoms with van der Waals surface area (Å²) in [5.74, 6) is 0. The fourth-order valence-electron chi connectivity index (χ4n) is 25.8. The summed E-state index contributed by atoms with van der Waals surface area (Å²) < 4.78 is 9.41. The number of hydrogen-bond acceptors (Lipinski definition) is 4. The maximum atomic E-state index is 6.82. The molecule has 3 nitrogen and oxygen atoms in total. The second kappa shape index (κ2) is 29.3.